The lowest BCUT2D eigenvalue weighted by Gasteiger charge is -2.22. The van der Waals surface area contributed by atoms with Crippen LogP contribution in [0.5, 0.6) is 11.5 Å². The van der Waals surface area contributed by atoms with Crippen LogP contribution in [0.2, 0.25) is 0 Å². The Labute approximate surface area is 174 Å². The van der Waals surface area contributed by atoms with Gasteiger partial charge in [-0.2, -0.15) is 0 Å². The maximum atomic E-state index is 13.0. The summed E-state index contributed by atoms with van der Waals surface area (Å²) in [5, 5.41) is 3.12. The monoisotopic (exact) mass is 408 g/mol. The number of ether oxygens (including phenoxy) is 2. The lowest BCUT2D eigenvalue weighted by molar-refractivity contribution is -0.127. The van der Waals surface area contributed by atoms with Gasteiger partial charge in [0, 0.05) is 36.6 Å². The topological polar surface area (TPSA) is 93.7 Å². The van der Waals surface area contributed by atoms with Crippen molar-refractivity contribution in [2.75, 3.05) is 24.7 Å². The zero-order chi connectivity index (χ0) is 20.7. The van der Waals surface area contributed by atoms with Gasteiger partial charge < -0.3 is 19.7 Å². The van der Waals surface area contributed by atoms with Gasteiger partial charge in [-0.25, -0.2) is 9.97 Å². The van der Waals surface area contributed by atoms with E-state index in [1.54, 1.807) is 17.2 Å². The molecule has 3 heterocycles. The first-order valence-electron chi connectivity index (χ1n) is 10.4. The molecule has 5 rings (SSSR count). The molecule has 1 N–H and O–H groups in total. The summed E-state index contributed by atoms with van der Waals surface area (Å²) in [6, 6.07) is 7.09. The zero-order valence-electron chi connectivity index (χ0n) is 16.8. The lowest BCUT2D eigenvalue weighted by atomic mass is 10.1. The molecule has 2 unspecified atom stereocenters. The minimum Gasteiger partial charge on any atom is -0.486 e. The molecule has 1 aromatic heterocycles. The van der Waals surface area contributed by atoms with Crippen molar-refractivity contribution < 1.29 is 19.1 Å². The fourth-order valence-corrected chi connectivity index (χ4v) is 4.04. The van der Waals surface area contributed by atoms with Crippen molar-refractivity contribution in [1.82, 2.24) is 15.3 Å². The molecule has 0 spiro atoms. The van der Waals surface area contributed by atoms with Crippen LogP contribution in [0, 0.1) is 18.8 Å². The van der Waals surface area contributed by atoms with Crippen molar-refractivity contribution in [3.8, 4) is 11.5 Å². The quantitative estimate of drug-likeness (QED) is 0.815. The summed E-state index contributed by atoms with van der Waals surface area (Å²) in [4.78, 5) is 36.2. The van der Waals surface area contributed by atoms with E-state index in [1.807, 2.05) is 25.1 Å². The summed E-state index contributed by atoms with van der Waals surface area (Å²) < 4.78 is 11.2. The van der Waals surface area contributed by atoms with E-state index < -0.39 is 5.92 Å². The number of fused-ring (bicyclic) bond motifs is 1. The number of carbonyl (C=O) groups is 2. The molecule has 1 saturated heterocycles. The maximum Gasteiger partial charge on any atom is 0.227 e. The summed E-state index contributed by atoms with van der Waals surface area (Å²) in [6.07, 6.45) is 4.01. The maximum absolute atomic E-state index is 13.0. The minimum atomic E-state index is -0.406. The van der Waals surface area contributed by atoms with Gasteiger partial charge in [0.1, 0.15) is 13.2 Å². The number of carbonyl (C=O) groups excluding carboxylic acids is 2. The van der Waals surface area contributed by atoms with Crippen LogP contribution in [0.15, 0.2) is 30.5 Å². The highest BCUT2D eigenvalue weighted by molar-refractivity contribution is 6.00. The summed E-state index contributed by atoms with van der Waals surface area (Å²) in [6.45, 7) is 3.26. The normalized spacial score (nSPS) is 21.4. The van der Waals surface area contributed by atoms with Crippen LogP contribution in [-0.2, 0) is 9.59 Å². The smallest absolute Gasteiger partial charge is 0.227 e. The van der Waals surface area contributed by atoms with Gasteiger partial charge >= 0.3 is 0 Å². The average Bonchev–Trinajstić information content (AvgIpc) is 3.52. The van der Waals surface area contributed by atoms with E-state index in [2.05, 4.69) is 15.3 Å². The SMILES string of the molecule is Cc1ccnc(C(NC(=O)C2CC(=O)N(c3ccc4c(c3)OCCO4)C2)C2CC2)n1. The Morgan fingerprint density at radius 3 is 2.77 bits per heavy atom. The molecule has 2 amide bonds. The Morgan fingerprint density at radius 1 is 1.20 bits per heavy atom. The molecular weight excluding hydrogens is 384 g/mol. The Morgan fingerprint density at radius 2 is 2.00 bits per heavy atom. The van der Waals surface area contributed by atoms with E-state index in [0.29, 0.717) is 43.0 Å². The molecule has 156 valence electrons. The fourth-order valence-electron chi connectivity index (χ4n) is 4.04. The van der Waals surface area contributed by atoms with Crippen LogP contribution >= 0.6 is 0 Å². The van der Waals surface area contributed by atoms with Gasteiger partial charge in [-0.05, 0) is 43.9 Å². The number of amides is 2. The molecule has 30 heavy (non-hydrogen) atoms. The van der Waals surface area contributed by atoms with E-state index in [9.17, 15) is 9.59 Å². The Hall–Kier alpha value is -3.16. The summed E-state index contributed by atoms with van der Waals surface area (Å²) in [5.74, 6) is 1.73. The fraction of sp³-hybridized carbons (Fsp3) is 0.455. The summed E-state index contributed by atoms with van der Waals surface area (Å²) >= 11 is 0. The molecule has 8 heteroatoms. The van der Waals surface area contributed by atoms with Gasteiger partial charge in [0.25, 0.3) is 0 Å². The van der Waals surface area contributed by atoms with Crippen molar-refractivity contribution in [3.05, 3.63) is 42.0 Å². The molecule has 2 fully saturated rings. The third kappa shape index (κ3) is 3.69. The van der Waals surface area contributed by atoms with Crippen LogP contribution in [0.4, 0.5) is 5.69 Å². The van der Waals surface area contributed by atoms with Gasteiger partial charge in [0.2, 0.25) is 11.8 Å². The van der Waals surface area contributed by atoms with Gasteiger partial charge in [-0.1, -0.05) is 0 Å². The van der Waals surface area contributed by atoms with Crippen LogP contribution < -0.4 is 19.7 Å². The Bertz CT molecular complexity index is 991. The number of hydrogen-bond donors (Lipinski definition) is 1. The molecule has 0 bridgehead atoms. The van der Waals surface area contributed by atoms with Crippen molar-refractivity contribution in [1.29, 1.82) is 0 Å². The predicted octanol–water partition coefficient (Wildman–Crippen LogP) is 2.18. The van der Waals surface area contributed by atoms with Crippen molar-refractivity contribution in [3.63, 3.8) is 0 Å². The highest BCUT2D eigenvalue weighted by Crippen LogP contribution is 2.40. The molecule has 3 aliphatic rings. The van der Waals surface area contributed by atoms with Gasteiger partial charge in [0.15, 0.2) is 17.3 Å². The van der Waals surface area contributed by atoms with E-state index >= 15 is 0 Å². The van der Waals surface area contributed by atoms with Gasteiger partial charge in [0.05, 0.1) is 12.0 Å². The molecule has 2 aliphatic heterocycles. The van der Waals surface area contributed by atoms with Crippen LogP contribution in [0.25, 0.3) is 0 Å². The van der Waals surface area contributed by atoms with Crippen molar-refractivity contribution >= 4 is 17.5 Å². The number of aromatic nitrogens is 2. The van der Waals surface area contributed by atoms with E-state index in [1.165, 1.54) is 0 Å². The lowest BCUT2D eigenvalue weighted by Crippen LogP contribution is -2.37. The van der Waals surface area contributed by atoms with E-state index in [0.717, 1.165) is 24.2 Å². The first-order chi connectivity index (χ1) is 14.6. The molecule has 1 aliphatic carbocycles. The number of aryl methyl sites for hydroxylation is 1. The third-order valence-corrected chi connectivity index (χ3v) is 5.82. The van der Waals surface area contributed by atoms with Crippen molar-refractivity contribution in [2.24, 2.45) is 11.8 Å². The highest BCUT2D eigenvalue weighted by Gasteiger charge is 2.40. The summed E-state index contributed by atoms with van der Waals surface area (Å²) in [5.41, 5.74) is 1.60. The van der Waals surface area contributed by atoms with E-state index in [-0.39, 0.29) is 24.3 Å². The van der Waals surface area contributed by atoms with Crippen molar-refractivity contribution in [2.45, 2.75) is 32.2 Å². The second-order valence-electron chi connectivity index (χ2n) is 8.11. The van der Waals surface area contributed by atoms with Gasteiger partial charge in [-0.3, -0.25) is 9.59 Å². The zero-order valence-corrected chi connectivity index (χ0v) is 16.8. The Kier molecular flexibility index (Phi) is 4.77. The molecule has 1 aromatic carbocycles. The number of anilines is 1. The second-order valence-corrected chi connectivity index (χ2v) is 8.11. The largest absolute Gasteiger partial charge is 0.486 e. The number of rotatable bonds is 5. The third-order valence-electron chi connectivity index (χ3n) is 5.82. The molecule has 8 nitrogen and oxygen atoms in total. The number of nitrogens with one attached hydrogen (secondary N) is 1. The first-order valence-corrected chi connectivity index (χ1v) is 10.4. The molecule has 2 atom stereocenters. The summed E-state index contributed by atoms with van der Waals surface area (Å²) in [7, 11) is 0. The minimum absolute atomic E-state index is 0.0680. The number of benzene rings is 1. The first kappa shape index (κ1) is 18.8. The second kappa shape index (κ2) is 7.59. The average molecular weight is 408 g/mol. The van der Waals surface area contributed by atoms with Gasteiger partial charge in [-0.15, -0.1) is 0 Å². The van der Waals surface area contributed by atoms with Crippen LogP contribution in [0.3, 0.4) is 0 Å². The predicted molar refractivity (Wildman–Crippen MR) is 108 cm³/mol. The number of nitrogens with zero attached hydrogens (tertiary/aromatic N) is 3. The van der Waals surface area contributed by atoms with E-state index in [4.69, 9.17) is 9.47 Å². The molecule has 2 aromatic rings. The highest BCUT2D eigenvalue weighted by atomic mass is 16.6. The Balaban J connectivity index is 1.29. The number of hydrogen-bond acceptors (Lipinski definition) is 6. The standard InChI is InChI=1S/C22H24N4O4/c1-13-6-7-23-21(24-13)20(14-2-3-14)25-22(28)15-10-19(27)26(12-15)16-4-5-17-18(11-16)30-9-8-29-17/h4-7,11,14-15,20H,2-3,8-10,12H2,1H3,(H,25,28). The van der Waals surface area contributed by atoms with Crippen LogP contribution in [0.1, 0.15) is 36.8 Å². The molecule has 0 radical (unpaired) electrons. The molecule has 1 saturated carbocycles. The van der Waals surface area contributed by atoms with Crippen LogP contribution in [-0.4, -0.2) is 41.5 Å². The molecular formula is C22H24N4O4.